The molecule has 130 valence electrons. The number of rotatable bonds is 8. The van der Waals surface area contributed by atoms with Crippen LogP contribution in [0, 0.1) is 13.8 Å². The van der Waals surface area contributed by atoms with Crippen LogP contribution in [-0.4, -0.2) is 21.6 Å². The maximum Gasteiger partial charge on any atom is 0.244 e. The Kier molecular flexibility index (Phi) is 6.40. The molecule has 2 aromatic rings. The van der Waals surface area contributed by atoms with Crippen molar-refractivity contribution in [3.05, 3.63) is 59.2 Å². The zero-order valence-electron chi connectivity index (χ0n) is 14.5. The fourth-order valence-corrected chi connectivity index (χ4v) is 3.59. The fraction of sp³-hybridized carbons (Fsp3) is 0.368. The Labute approximate surface area is 144 Å². The second kappa shape index (κ2) is 8.31. The molecule has 0 heterocycles. The van der Waals surface area contributed by atoms with E-state index in [0.717, 1.165) is 23.1 Å². The van der Waals surface area contributed by atoms with E-state index in [1.165, 1.54) is 0 Å². The zero-order valence-corrected chi connectivity index (χ0v) is 15.3. The average Bonchev–Trinajstić information content (AvgIpc) is 2.56. The second-order valence-electron chi connectivity index (χ2n) is 5.87. The van der Waals surface area contributed by atoms with Gasteiger partial charge in [0.1, 0.15) is 10.6 Å². The minimum atomic E-state index is -3.61. The van der Waals surface area contributed by atoms with Crippen LogP contribution in [0.15, 0.2) is 47.4 Å². The first-order chi connectivity index (χ1) is 11.4. The van der Waals surface area contributed by atoms with E-state index in [-0.39, 0.29) is 4.90 Å². The first-order valence-corrected chi connectivity index (χ1v) is 9.70. The lowest BCUT2D eigenvalue weighted by atomic mass is 10.1. The van der Waals surface area contributed by atoms with E-state index in [1.54, 1.807) is 12.1 Å². The molecule has 0 saturated heterocycles. The van der Waals surface area contributed by atoms with Crippen LogP contribution in [0.4, 0.5) is 0 Å². The van der Waals surface area contributed by atoms with Gasteiger partial charge in [-0.3, -0.25) is 0 Å². The van der Waals surface area contributed by atoms with Crippen molar-refractivity contribution in [3.8, 4) is 5.75 Å². The first-order valence-electron chi connectivity index (χ1n) is 8.21. The van der Waals surface area contributed by atoms with Crippen molar-refractivity contribution in [1.29, 1.82) is 0 Å². The topological polar surface area (TPSA) is 55.4 Å². The molecule has 0 aliphatic rings. The third-order valence-corrected chi connectivity index (χ3v) is 5.34. The van der Waals surface area contributed by atoms with Gasteiger partial charge in [-0.25, -0.2) is 13.1 Å². The van der Waals surface area contributed by atoms with Gasteiger partial charge in [-0.15, -0.1) is 0 Å². The van der Waals surface area contributed by atoms with Gasteiger partial charge in [0.15, 0.2) is 0 Å². The van der Waals surface area contributed by atoms with E-state index in [9.17, 15) is 8.42 Å². The Morgan fingerprint density at radius 2 is 1.71 bits per heavy atom. The van der Waals surface area contributed by atoms with Crippen molar-refractivity contribution < 1.29 is 13.2 Å². The molecule has 0 amide bonds. The largest absolute Gasteiger partial charge is 0.492 e. The molecule has 24 heavy (non-hydrogen) atoms. The number of benzene rings is 2. The molecule has 0 aliphatic heterocycles. The maximum absolute atomic E-state index is 12.7. The molecular formula is C19H25NO3S. The summed E-state index contributed by atoms with van der Waals surface area (Å²) >= 11 is 0. The molecule has 5 heteroatoms. The first kappa shape index (κ1) is 18.5. The summed E-state index contributed by atoms with van der Waals surface area (Å²) in [6.07, 6.45) is 1.48. The van der Waals surface area contributed by atoms with Crippen LogP contribution in [-0.2, 0) is 16.4 Å². The van der Waals surface area contributed by atoms with Gasteiger partial charge in [0.25, 0.3) is 0 Å². The third-order valence-electron chi connectivity index (χ3n) is 3.86. The van der Waals surface area contributed by atoms with Gasteiger partial charge in [-0.05, 0) is 55.5 Å². The molecule has 0 radical (unpaired) electrons. The molecule has 2 aromatic carbocycles. The van der Waals surface area contributed by atoms with Gasteiger partial charge < -0.3 is 4.74 Å². The van der Waals surface area contributed by atoms with Crippen LogP contribution in [0.5, 0.6) is 5.75 Å². The standard InChI is InChI=1S/C19H25NO3S/c1-4-12-23-18-13-15(2)16(3)14-19(18)24(21,22)20-11-10-17-8-6-5-7-9-17/h5-9,13-14,20H,4,10-12H2,1-3H3. The predicted octanol–water partition coefficient (Wildman–Crippen LogP) is 3.61. The van der Waals surface area contributed by atoms with Crippen LogP contribution < -0.4 is 9.46 Å². The zero-order chi connectivity index (χ0) is 17.6. The molecule has 0 atom stereocenters. The normalized spacial score (nSPS) is 11.5. The van der Waals surface area contributed by atoms with Crippen molar-refractivity contribution in [2.75, 3.05) is 13.2 Å². The number of ether oxygens (including phenoxy) is 1. The van der Waals surface area contributed by atoms with Gasteiger partial charge in [0.05, 0.1) is 6.61 Å². The Hall–Kier alpha value is -1.85. The SMILES string of the molecule is CCCOc1cc(C)c(C)cc1S(=O)(=O)NCCc1ccccc1. The molecule has 0 aromatic heterocycles. The van der Waals surface area contributed by atoms with Gasteiger partial charge in [-0.1, -0.05) is 37.3 Å². The number of sulfonamides is 1. The average molecular weight is 347 g/mol. The van der Waals surface area contributed by atoms with Crippen LogP contribution in [0.1, 0.15) is 30.0 Å². The van der Waals surface area contributed by atoms with Gasteiger partial charge in [0, 0.05) is 6.54 Å². The summed E-state index contributed by atoms with van der Waals surface area (Å²) in [7, 11) is -3.61. The lowest BCUT2D eigenvalue weighted by Gasteiger charge is -2.15. The van der Waals surface area contributed by atoms with Crippen LogP contribution in [0.2, 0.25) is 0 Å². The third kappa shape index (κ3) is 4.82. The molecular weight excluding hydrogens is 322 g/mol. The van der Waals surface area contributed by atoms with E-state index < -0.39 is 10.0 Å². The van der Waals surface area contributed by atoms with Crippen molar-refractivity contribution in [2.24, 2.45) is 0 Å². The van der Waals surface area contributed by atoms with E-state index in [1.807, 2.05) is 51.1 Å². The highest BCUT2D eigenvalue weighted by Gasteiger charge is 2.20. The summed E-state index contributed by atoms with van der Waals surface area (Å²) in [5.74, 6) is 0.423. The molecule has 0 spiro atoms. The summed E-state index contributed by atoms with van der Waals surface area (Å²) in [5, 5.41) is 0. The minimum Gasteiger partial charge on any atom is -0.492 e. The van der Waals surface area contributed by atoms with Crippen LogP contribution >= 0.6 is 0 Å². The number of aryl methyl sites for hydroxylation is 2. The summed E-state index contributed by atoms with van der Waals surface area (Å²) in [5.41, 5.74) is 3.05. The monoisotopic (exact) mass is 347 g/mol. The maximum atomic E-state index is 12.7. The Bertz CT molecular complexity index is 771. The highest BCUT2D eigenvalue weighted by molar-refractivity contribution is 7.89. The van der Waals surface area contributed by atoms with Crippen molar-refractivity contribution >= 4 is 10.0 Å². The highest BCUT2D eigenvalue weighted by atomic mass is 32.2. The molecule has 1 N–H and O–H groups in total. The molecule has 0 fully saturated rings. The van der Waals surface area contributed by atoms with Crippen molar-refractivity contribution in [3.63, 3.8) is 0 Å². The van der Waals surface area contributed by atoms with E-state index in [4.69, 9.17) is 4.74 Å². The predicted molar refractivity (Wildman–Crippen MR) is 97.0 cm³/mol. The van der Waals surface area contributed by atoms with Crippen LogP contribution in [0.3, 0.4) is 0 Å². The van der Waals surface area contributed by atoms with Gasteiger partial charge in [0.2, 0.25) is 10.0 Å². The van der Waals surface area contributed by atoms with Crippen LogP contribution in [0.25, 0.3) is 0 Å². The summed E-state index contributed by atoms with van der Waals surface area (Å²) in [4.78, 5) is 0.215. The lowest BCUT2D eigenvalue weighted by Crippen LogP contribution is -2.26. The lowest BCUT2D eigenvalue weighted by molar-refractivity contribution is 0.309. The smallest absolute Gasteiger partial charge is 0.244 e. The van der Waals surface area contributed by atoms with E-state index >= 15 is 0 Å². The van der Waals surface area contributed by atoms with Gasteiger partial charge >= 0.3 is 0 Å². The van der Waals surface area contributed by atoms with E-state index in [0.29, 0.717) is 25.3 Å². The van der Waals surface area contributed by atoms with Gasteiger partial charge in [-0.2, -0.15) is 0 Å². The second-order valence-corrected chi connectivity index (χ2v) is 7.60. The molecule has 0 saturated carbocycles. The highest BCUT2D eigenvalue weighted by Crippen LogP contribution is 2.27. The Balaban J connectivity index is 2.16. The minimum absolute atomic E-state index is 0.215. The summed E-state index contributed by atoms with van der Waals surface area (Å²) < 4.78 is 33.7. The number of nitrogens with one attached hydrogen (secondary N) is 1. The molecule has 0 aliphatic carbocycles. The van der Waals surface area contributed by atoms with Crippen molar-refractivity contribution in [2.45, 2.75) is 38.5 Å². The fourth-order valence-electron chi connectivity index (χ4n) is 2.35. The quantitative estimate of drug-likeness (QED) is 0.793. The van der Waals surface area contributed by atoms with E-state index in [2.05, 4.69) is 4.72 Å². The van der Waals surface area contributed by atoms with Crippen molar-refractivity contribution in [1.82, 2.24) is 4.72 Å². The number of hydrogen-bond acceptors (Lipinski definition) is 3. The molecule has 4 nitrogen and oxygen atoms in total. The Morgan fingerprint density at radius 1 is 1.04 bits per heavy atom. The molecule has 2 rings (SSSR count). The summed E-state index contributed by atoms with van der Waals surface area (Å²) in [6.45, 7) is 6.70. The molecule has 0 unspecified atom stereocenters. The summed E-state index contributed by atoms with van der Waals surface area (Å²) in [6, 6.07) is 13.3. The Morgan fingerprint density at radius 3 is 2.38 bits per heavy atom. The number of hydrogen-bond donors (Lipinski definition) is 1. The molecule has 0 bridgehead atoms.